The normalized spacial score (nSPS) is 40.4. The van der Waals surface area contributed by atoms with E-state index in [2.05, 4.69) is 28.5 Å². The van der Waals surface area contributed by atoms with Crippen LogP contribution in [0.2, 0.25) is 0 Å². The summed E-state index contributed by atoms with van der Waals surface area (Å²) in [7, 11) is 4.92. The maximum Gasteiger partial charge on any atom is 0.306 e. The molecule has 1 saturated carbocycles. The summed E-state index contributed by atoms with van der Waals surface area (Å²) in [5.74, 6) is -0.661. The molecule has 0 unspecified atom stereocenters. The van der Waals surface area contributed by atoms with E-state index in [1.165, 1.54) is 0 Å². The highest BCUT2D eigenvalue weighted by Gasteiger charge is 2.52. The molecule has 5 aliphatic rings. The predicted molar refractivity (Wildman–Crippen MR) is 184 cm³/mol. The van der Waals surface area contributed by atoms with Crippen molar-refractivity contribution < 1.29 is 42.8 Å². The topological polar surface area (TPSA) is 132 Å². The summed E-state index contributed by atoms with van der Waals surface area (Å²) in [5.41, 5.74) is 1.19. The summed E-state index contributed by atoms with van der Waals surface area (Å²) < 4.78 is 36.2. The Morgan fingerprint density at radius 1 is 0.960 bits per heavy atom. The molecule has 0 spiro atoms. The molecule has 0 bridgehead atoms. The van der Waals surface area contributed by atoms with Crippen LogP contribution in [0.5, 0.6) is 0 Å². The number of aromatic nitrogens is 1. The number of esters is 1. The molecule has 274 valence electrons. The number of hydrogen-bond acceptors (Lipinski definition) is 10. The highest BCUT2D eigenvalue weighted by atomic mass is 16.7. The van der Waals surface area contributed by atoms with Gasteiger partial charge in [-0.25, -0.2) is 0 Å². The average Bonchev–Trinajstić information content (AvgIpc) is 3.70. The first kappa shape index (κ1) is 36.8. The Kier molecular flexibility index (Phi) is 11.9. The van der Waals surface area contributed by atoms with Gasteiger partial charge in [0.05, 0.1) is 18.6 Å². The second-order valence-corrected chi connectivity index (χ2v) is 14.8. The van der Waals surface area contributed by atoms with Crippen LogP contribution in [0.3, 0.4) is 0 Å². The maximum absolute atomic E-state index is 14.5. The van der Waals surface area contributed by atoms with E-state index >= 15 is 0 Å². The van der Waals surface area contributed by atoms with Crippen LogP contribution in [0, 0.1) is 35.5 Å². The lowest BCUT2D eigenvalue weighted by molar-refractivity contribution is -0.314. The monoisotopic (exact) mass is 694 g/mol. The minimum atomic E-state index is -0.615. The molecule has 2 saturated heterocycles. The summed E-state index contributed by atoms with van der Waals surface area (Å²) in [5, 5.41) is 3.17. The van der Waals surface area contributed by atoms with Crippen molar-refractivity contribution in [3.8, 4) is 0 Å². The number of carbonyl (C=O) groups excluding carboxylic acids is 3. The average molecular weight is 695 g/mol. The van der Waals surface area contributed by atoms with E-state index in [1.54, 1.807) is 45.9 Å². The van der Waals surface area contributed by atoms with Crippen LogP contribution in [-0.4, -0.2) is 92.9 Å². The van der Waals surface area contributed by atoms with E-state index in [9.17, 15) is 14.4 Å². The van der Waals surface area contributed by atoms with Gasteiger partial charge in [-0.2, -0.15) is 0 Å². The van der Waals surface area contributed by atoms with Crippen molar-refractivity contribution >= 4 is 17.7 Å². The molecule has 11 nitrogen and oxygen atoms in total. The van der Waals surface area contributed by atoms with E-state index in [4.69, 9.17) is 28.4 Å². The Morgan fingerprint density at radius 3 is 2.40 bits per heavy atom. The van der Waals surface area contributed by atoms with Gasteiger partial charge in [0.1, 0.15) is 24.4 Å². The van der Waals surface area contributed by atoms with Gasteiger partial charge in [0.15, 0.2) is 12.1 Å². The summed E-state index contributed by atoms with van der Waals surface area (Å²) in [4.78, 5) is 45.2. The molecule has 6 rings (SSSR count). The number of amides is 1. The molecule has 3 aliphatic carbocycles. The zero-order valence-corrected chi connectivity index (χ0v) is 30.2. The van der Waals surface area contributed by atoms with E-state index in [-0.39, 0.29) is 90.2 Å². The van der Waals surface area contributed by atoms with Crippen LogP contribution in [0.4, 0.5) is 0 Å². The summed E-state index contributed by atoms with van der Waals surface area (Å²) in [6.07, 6.45) is 12.1. The third-order valence-electron chi connectivity index (χ3n) is 12.0. The van der Waals surface area contributed by atoms with Crippen LogP contribution >= 0.6 is 0 Å². The van der Waals surface area contributed by atoms with E-state index in [0.29, 0.717) is 30.4 Å². The molecule has 14 atom stereocenters. The number of Topliss-reactive ketones (excluding diaryl/α,β-unsaturated/α-hetero) is 1. The lowest BCUT2D eigenvalue weighted by atomic mass is 9.70. The van der Waals surface area contributed by atoms with Crippen molar-refractivity contribution in [2.45, 2.75) is 115 Å². The molecule has 1 amide bonds. The van der Waals surface area contributed by atoms with Gasteiger partial charge in [0.2, 0.25) is 0 Å². The second-order valence-electron chi connectivity index (χ2n) is 14.8. The molecule has 3 heterocycles. The molecule has 1 N–H and O–H groups in total. The smallest absolute Gasteiger partial charge is 0.306 e. The SMILES string of the molecule is CC[C@H]1CCC[C@H](NC(=O)c2ccncc2)[C@@H](C)C(=O)C2=C[C@@H]3[C@@H](C=C[C@@H]4C[C@@H](O[C@@H]5O[C@@H](C)[C@H](OC)[C@@H](OC)[C@@H]5OC)C[C@@H]34)[C@@H]2CC(=O)O1. The van der Waals surface area contributed by atoms with Crippen LogP contribution < -0.4 is 5.32 Å². The van der Waals surface area contributed by atoms with Crippen LogP contribution in [0.15, 0.2) is 48.3 Å². The molecule has 0 radical (unpaired) electrons. The fraction of sp³-hybridized carbons (Fsp3) is 0.692. The molecule has 1 aromatic heterocycles. The largest absolute Gasteiger partial charge is 0.462 e. The third kappa shape index (κ3) is 7.48. The number of cyclic esters (lactones) is 1. The first-order valence-corrected chi connectivity index (χ1v) is 18.4. The Labute approximate surface area is 295 Å². The summed E-state index contributed by atoms with van der Waals surface area (Å²) in [6, 6.07) is 2.98. The third-order valence-corrected chi connectivity index (χ3v) is 12.0. The summed E-state index contributed by atoms with van der Waals surface area (Å²) >= 11 is 0. The Bertz CT molecular complexity index is 1420. The van der Waals surface area contributed by atoms with Crippen LogP contribution in [-0.2, 0) is 38.0 Å². The summed E-state index contributed by atoms with van der Waals surface area (Å²) in [6.45, 7) is 5.90. The standard InChI is InChI=1S/C39H54N2O9/c1-7-25-9-8-10-32(41-38(44)23-13-15-40-16-14-23)21(2)34(43)31-19-29-27(30(31)20-33(42)49-25)12-11-24-17-26(18-28(24)29)50-39-37(47-6)36(46-5)35(45-4)22(3)48-39/h11-16,19,21-22,24-30,32,35-37,39H,7-10,17-18,20H2,1-6H3,(H,41,44)/t21-,22+,24-,25+,26-,27-,28-,29-,30+,32+,35+,36-,37+,39+/m1/s1. The quantitative estimate of drug-likeness (QED) is 0.298. The van der Waals surface area contributed by atoms with Gasteiger partial charge in [-0.05, 0) is 86.8 Å². The fourth-order valence-corrected chi connectivity index (χ4v) is 9.29. The van der Waals surface area contributed by atoms with Crippen molar-refractivity contribution in [3.63, 3.8) is 0 Å². The van der Waals surface area contributed by atoms with Crippen LogP contribution in [0.25, 0.3) is 0 Å². The second kappa shape index (κ2) is 16.2. The van der Waals surface area contributed by atoms with Crippen molar-refractivity contribution in [2.75, 3.05) is 21.3 Å². The number of rotatable bonds is 8. The minimum absolute atomic E-state index is 0.000383. The van der Waals surface area contributed by atoms with Gasteiger partial charge in [-0.1, -0.05) is 32.1 Å². The molecule has 0 aromatic carbocycles. The fourth-order valence-electron chi connectivity index (χ4n) is 9.29. The number of hydrogen-bond donors (Lipinski definition) is 1. The predicted octanol–water partition coefficient (Wildman–Crippen LogP) is 4.84. The van der Waals surface area contributed by atoms with Gasteiger partial charge >= 0.3 is 5.97 Å². The Hall–Kier alpha value is -2.96. The zero-order valence-electron chi connectivity index (χ0n) is 30.2. The van der Waals surface area contributed by atoms with Crippen molar-refractivity contribution in [3.05, 3.63) is 53.9 Å². The van der Waals surface area contributed by atoms with E-state index < -0.39 is 18.3 Å². The van der Waals surface area contributed by atoms with E-state index in [1.807, 2.05) is 20.8 Å². The highest BCUT2D eigenvalue weighted by molar-refractivity contribution is 6.00. The zero-order chi connectivity index (χ0) is 35.5. The lowest BCUT2D eigenvalue weighted by Crippen LogP contribution is -2.59. The number of pyridine rings is 1. The Morgan fingerprint density at radius 2 is 1.70 bits per heavy atom. The first-order valence-electron chi connectivity index (χ1n) is 18.4. The number of ketones is 1. The number of fused-ring (bicyclic) bond motifs is 5. The maximum atomic E-state index is 14.5. The van der Waals surface area contributed by atoms with Crippen LogP contribution in [0.1, 0.15) is 76.1 Å². The van der Waals surface area contributed by atoms with Gasteiger partial charge in [-0.3, -0.25) is 19.4 Å². The van der Waals surface area contributed by atoms with Gasteiger partial charge in [0, 0.05) is 57.2 Å². The molecule has 3 fully saturated rings. The number of ether oxygens (including phenoxy) is 6. The molecule has 2 aliphatic heterocycles. The van der Waals surface area contributed by atoms with E-state index in [0.717, 1.165) is 19.3 Å². The molecular formula is C39H54N2O9. The van der Waals surface area contributed by atoms with Gasteiger partial charge in [0.25, 0.3) is 5.91 Å². The number of allylic oxidation sites excluding steroid dienone is 4. The molecular weight excluding hydrogens is 640 g/mol. The van der Waals surface area contributed by atoms with Crippen molar-refractivity contribution in [2.24, 2.45) is 35.5 Å². The first-order chi connectivity index (χ1) is 24.2. The van der Waals surface area contributed by atoms with Gasteiger partial charge < -0.3 is 33.7 Å². The molecule has 11 heteroatoms. The molecule has 1 aromatic rings. The minimum Gasteiger partial charge on any atom is -0.462 e. The lowest BCUT2D eigenvalue weighted by Gasteiger charge is -2.44. The Balaban J connectivity index is 1.23. The van der Waals surface area contributed by atoms with Crippen molar-refractivity contribution in [1.29, 1.82) is 0 Å². The number of nitrogens with one attached hydrogen (secondary N) is 1. The number of methoxy groups -OCH3 is 3. The number of nitrogens with zero attached hydrogens (tertiary/aromatic N) is 1. The number of carbonyl (C=O) groups is 3. The van der Waals surface area contributed by atoms with Gasteiger partial charge in [-0.15, -0.1) is 0 Å². The van der Waals surface area contributed by atoms with Crippen molar-refractivity contribution in [1.82, 2.24) is 10.3 Å². The highest BCUT2D eigenvalue weighted by Crippen LogP contribution is 2.54. The molecule has 50 heavy (non-hydrogen) atoms.